The molecular weight excluding hydrogens is 307 g/mol. The molecule has 0 saturated carbocycles. The van der Waals surface area contributed by atoms with Crippen LogP contribution in [0.5, 0.6) is 0 Å². The number of nitrogens with one attached hydrogen (secondary N) is 1. The molecule has 0 bridgehead atoms. The lowest BCUT2D eigenvalue weighted by Crippen LogP contribution is -2.41. The Kier molecular flexibility index (Phi) is 4.50. The van der Waals surface area contributed by atoms with Crippen LogP contribution in [0.1, 0.15) is 25.8 Å². The molecule has 6 heteroatoms. The number of alkyl halides is 3. The molecule has 2 rings (SSSR count). The van der Waals surface area contributed by atoms with E-state index in [9.17, 15) is 13.2 Å². The van der Waals surface area contributed by atoms with Crippen molar-refractivity contribution in [2.24, 2.45) is 5.41 Å². The molecule has 112 valence electrons. The fourth-order valence-corrected chi connectivity index (χ4v) is 4.05. The van der Waals surface area contributed by atoms with Gasteiger partial charge in [-0.3, -0.25) is 0 Å². The summed E-state index contributed by atoms with van der Waals surface area (Å²) in [6.07, 6.45) is -3.33. The average molecular weight is 324 g/mol. The van der Waals surface area contributed by atoms with Crippen LogP contribution in [0.15, 0.2) is 18.2 Å². The van der Waals surface area contributed by atoms with Crippen molar-refractivity contribution in [2.75, 3.05) is 16.8 Å². The summed E-state index contributed by atoms with van der Waals surface area (Å²) in [6, 6.07) is 3.77. The van der Waals surface area contributed by atoms with E-state index in [0.717, 1.165) is 30.1 Å². The number of halogens is 4. The molecule has 0 spiro atoms. The summed E-state index contributed by atoms with van der Waals surface area (Å²) in [7, 11) is 0. The first kappa shape index (κ1) is 15.8. The molecule has 1 aliphatic rings. The van der Waals surface area contributed by atoms with Crippen LogP contribution in [-0.4, -0.2) is 17.5 Å². The van der Waals surface area contributed by atoms with E-state index in [2.05, 4.69) is 19.2 Å². The molecule has 20 heavy (non-hydrogen) atoms. The van der Waals surface area contributed by atoms with E-state index in [-0.39, 0.29) is 16.5 Å². The van der Waals surface area contributed by atoms with Gasteiger partial charge in [-0.05, 0) is 35.8 Å². The maximum Gasteiger partial charge on any atom is 0.416 e. The van der Waals surface area contributed by atoms with E-state index in [0.29, 0.717) is 5.69 Å². The van der Waals surface area contributed by atoms with Crippen LogP contribution in [0.4, 0.5) is 18.9 Å². The van der Waals surface area contributed by atoms with Crippen LogP contribution < -0.4 is 5.32 Å². The molecule has 1 N–H and O–H groups in total. The first-order chi connectivity index (χ1) is 9.18. The normalized spacial score (nSPS) is 22.6. The Hall–Kier alpha value is -0.550. The topological polar surface area (TPSA) is 12.0 Å². The van der Waals surface area contributed by atoms with Crippen molar-refractivity contribution in [3.05, 3.63) is 28.8 Å². The smallest absolute Gasteiger partial charge is 0.381 e. The second-order valence-electron chi connectivity index (χ2n) is 5.74. The van der Waals surface area contributed by atoms with Crippen molar-refractivity contribution in [3.63, 3.8) is 0 Å². The second kappa shape index (κ2) is 5.68. The van der Waals surface area contributed by atoms with Gasteiger partial charge in [-0.1, -0.05) is 25.4 Å². The fraction of sp³-hybridized carbons (Fsp3) is 0.571. The summed E-state index contributed by atoms with van der Waals surface area (Å²) < 4.78 is 38.4. The third-order valence-electron chi connectivity index (χ3n) is 3.68. The van der Waals surface area contributed by atoms with Gasteiger partial charge in [-0.15, -0.1) is 0 Å². The summed E-state index contributed by atoms with van der Waals surface area (Å²) in [4.78, 5) is 0. The summed E-state index contributed by atoms with van der Waals surface area (Å²) in [5.41, 5.74) is -0.217. The van der Waals surface area contributed by atoms with Gasteiger partial charge >= 0.3 is 6.18 Å². The molecular formula is C14H17ClF3NS. The van der Waals surface area contributed by atoms with Crippen LogP contribution in [0.25, 0.3) is 0 Å². The highest BCUT2D eigenvalue weighted by Gasteiger charge is 2.34. The average Bonchev–Trinajstić information content (AvgIpc) is 2.30. The highest BCUT2D eigenvalue weighted by molar-refractivity contribution is 7.99. The Morgan fingerprint density at radius 3 is 2.60 bits per heavy atom. The standard InChI is InChI=1S/C14H17ClF3NS/c1-13(2)3-4-20-8-12(13)19-11-6-9(14(16,17)18)5-10(15)7-11/h5-7,12,19H,3-4,8H2,1-2H3. The highest BCUT2D eigenvalue weighted by Crippen LogP contribution is 2.38. The largest absolute Gasteiger partial charge is 0.416 e. The van der Waals surface area contributed by atoms with Gasteiger partial charge < -0.3 is 5.32 Å². The SMILES string of the molecule is CC1(C)CCSCC1Nc1cc(Cl)cc(C(F)(F)F)c1. The van der Waals surface area contributed by atoms with E-state index in [1.54, 1.807) is 6.07 Å². The van der Waals surface area contributed by atoms with Crippen LogP contribution in [0, 0.1) is 5.41 Å². The number of hydrogen-bond donors (Lipinski definition) is 1. The number of thioether (sulfide) groups is 1. The second-order valence-corrected chi connectivity index (χ2v) is 7.32. The summed E-state index contributed by atoms with van der Waals surface area (Å²) in [6.45, 7) is 4.28. The highest BCUT2D eigenvalue weighted by atomic mass is 35.5. The fourth-order valence-electron chi connectivity index (χ4n) is 2.21. The van der Waals surface area contributed by atoms with Gasteiger partial charge in [0, 0.05) is 22.5 Å². The summed E-state index contributed by atoms with van der Waals surface area (Å²) >= 11 is 7.62. The maximum atomic E-state index is 12.8. The number of benzene rings is 1. The molecule has 1 aliphatic heterocycles. The van der Waals surface area contributed by atoms with Crippen molar-refractivity contribution in [2.45, 2.75) is 32.5 Å². The van der Waals surface area contributed by atoms with E-state index < -0.39 is 11.7 Å². The van der Waals surface area contributed by atoms with E-state index in [1.807, 2.05) is 11.8 Å². The minimum atomic E-state index is -4.38. The predicted molar refractivity (Wildman–Crippen MR) is 79.6 cm³/mol. The van der Waals surface area contributed by atoms with Crippen LogP contribution in [0.3, 0.4) is 0 Å². The minimum Gasteiger partial charge on any atom is -0.381 e. The molecule has 1 fully saturated rings. The lowest BCUT2D eigenvalue weighted by atomic mass is 9.82. The molecule has 1 nitrogen and oxygen atoms in total. The molecule has 0 aliphatic carbocycles. The molecule has 0 aromatic heterocycles. The van der Waals surface area contributed by atoms with Crippen molar-refractivity contribution in [1.29, 1.82) is 0 Å². The summed E-state index contributed by atoms with van der Waals surface area (Å²) in [5, 5.41) is 3.32. The predicted octanol–water partition coefficient (Wildman–Crippen LogP) is 5.30. The Labute approximate surface area is 126 Å². The first-order valence-electron chi connectivity index (χ1n) is 6.40. The molecule has 1 aromatic carbocycles. The van der Waals surface area contributed by atoms with E-state index in [4.69, 9.17) is 11.6 Å². The minimum absolute atomic E-state index is 0.0615. The van der Waals surface area contributed by atoms with Gasteiger partial charge in [0.05, 0.1) is 5.56 Å². The quantitative estimate of drug-likeness (QED) is 0.792. The summed E-state index contributed by atoms with van der Waals surface area (Å²) in [5.74, 6) is 1.98. The molecule has 1 unspecified atom stereocenters. The number of rotatable bonds is 2. The van der Waals surface area contributed by atoms with Crippen molar-refractivity contribution in [3.8, 4) is 0 Å². The van der Waals surface area contributed by atoms with Crippen LogP contribution >= 0.6 is 23.4 Å². The zero-order valence-corrected chi connectivity index (χ0v) is 12.9. The van der Waals surface area contributed by atoms with Crippen molar-refractivity contribution >= 4 is 29.1 Å². The monoisotopic (exact) mass is 323 g/mol. The third kappa shape index (κ3) is 3.76. The van der Waals surface area contributed by atoms with Gasteiger partial charge in [0.2, 0.25) is 0 Å². The molecule has 1 aromatic rings. The Morgan fingerprint density at radius 1 is 1.30 bits per heavy atom. The lowest BCUT2D eigenvalue weighted by Gasteiger charge is -2.39. The number of hydrogen-bond acceptors (Lipinski definition) is 2. The maximum absolute atomic E-state index is 12.8. The first-order valence-corrected chi connectivity index (χ1v) is 7.94. The molecule has 1 heterocycles. The van der Waals surface area contributed by atoms with E-state index in [1.165, 1.54) is 0 Å². The van der Waals surface area contributed by atoms with Crippen LogP contribution in [0.2, 0.25) is 5.02 Å². The molecule has 0 radical (unpaired) electrons. The van der Waals surface area contributed by atoms with E-state index >= 15 is 0 Å². The molecule has 1 saturated heterocycles. The van der Waals surface area contributed by atoms with Gasteiger partial charge in [-0.2, -0.15) is 24.9 Å². The van der Waals surface area contributed by atoms with Gasteiger partial charge in [0.1, 0.15) is 0 Å². The van der Waals surface area contributed by atoms with Crippen molar-refractivity contribution in [1.82, 2.24) is 0 Å². The van der Waals surface area contributed by atoms with Crippen LogP contribution in [-0.2, 0) is 6.18 Å². The Morgan fingerprint density at radius 2 is 2.00 bits per heavy atom. The van der Waals surface area contributed by atoms with Gasteiger partial charge in [0.15, 0.2) is 0 Å². The lowest BCUT2D eigenvalue weighted by molar-refractivity contribution is -0.137. The zero-order valence-electron chi connectivity index (χ0n) is 11.4. The van der Waals surface area contributed by atoms with Crippen molar-refractivity contribution < 1.29 is 13.2 Å². The third-order valence-corrected chi connectivity index (χ3v) is 4.96. The number of anilines is 1. The Bertz CT molecular complexity index is 488. The zero-order chi connectivity index (χ0) is 15.0. The Balaban J connectivity index is 2.23. The van der Waals surface area contributed by atoms with Gasteiger partial charge in [0.25, 0.3) is 0 Å². The molecule has 0 amide bonds. The molecule has 1 atom stereocenters. The van der Waals surface area contributed by atoms with Gasteiger partial charge in [-0.25, -0.2) is 0 Å².